The van der Waals surface area contributed by atoms with E-state index >= 15 is 0 Å². The zero-order valence-electron chi connectivity index (χ0n) is 21.8. The summed E-state index contributed by atoms with van der Waals surface area (Å²) in [6, 6.07) is 21.3. The van der Waals surface area contributed by atoms with Gasteiger partial charge < -0.3 is 20.1 Å². The number of nitrogens with zero attached hydrogens (tertiary/aromatic N) is 1. The van der Waals surface area contributed by atoms with Gasteiger partial charge in [0.2, 0.25) is 5.91 Å². The Labute approximate surface area is 222 Å². The van der Waals surface area contributed by atoms with E-state index in [0.717, 1.165) is 22.4 Å². The second-order valence-electron chi connectivity index (χ2n) is 9.18. The molecule has 3 atom stereocenters. The molecule has 4 amide bonds. The van der Waals surface area contributed by atoms with Crippen LogP contribution in [0.5, 0.6) is 5.75 Å². The number of amides is 4. The molecule has 0 bridgehead atoms. The van der Waals surface area contributed by atoms with Gasteiger partial charge >= 0.3 is 6.03 Å². The molecule has 0 aliphatic carbocycles. The lowest BCUT2D eigenvalue weighted by Gasteiger charge is -2.30. The molecule has 8 nitrogen and oxygen atoms in total. The molecule has 1 heterocycles. The summed E-state index contributed by atoms with van der Waals surface area (Å²) in [6.07, 6.45) is 0.881. The van der Waals surface area contributed by atoms with Gasteiger partial charge in [0.05, 0.1) is 6.61 Å². The molecule has 3 aromatic carbocycles. The highest BCUT2D eigenvalue weighted by Gasteiger charge is 2.47. The molecule has 38 heavy (non-hydrogen) atoms. The maximum atomic E-state index is 13.7. The van der Waals surface area contributed by atoms with E-state index in [9.17, 15) is 14.4 Å². The number of methoxy groups -OCH3 is 1. The van der Waals surface area contributed by atoms with E-state index in [4.69, 9.17) is 9.47 Å². The number of hydrogen-bond donors (Lipinski definition) is 2. The van der Waals surface area contributed by atoms with Crippen molar-refractivity contribution >= 4 is 23.5 Å². The molecule has 0 unspecified atom stereocenters. The van der Waals surface area contributed by atoms with Crippen molar-refractivity contribution in [2.24, 2.45) is 0 Å². The van der Waals surface area contributed by atoms with Gasteiger partial charge in [0.1, 0.15) is 24.4 Å². The zero-order valence-corrected chi connectivity index (χ0v) is 21.8. The molecule has 2 N–H and O–H groups in total. The minimum atomic E-state index is -1.06. The maximum absolute atomic E-state index is 13.7. The minimum absolute atomic E-state index is 0.401. The third kappa shape index (κ3) is 6.03. The van der Waals surface area contributed by atoms with Crippen LogP contribution in [-0.4, -0.2) is 49.1 Å². The Morgan fingerprint density at radius 1 is 0.974 bits per heavy atom. The number of hydrogen-bond acceptors (Lipinski definition) is 5. The van der Waals surface area contributed by atoms with Crippen LogP contribution in [0.15, 0.2) is 78.9 Å². The lowest BCUT2D eigenvalue weighted by atomic mass is 9.91. The van der Waals surface area contributed by atoms with Crippen LogP contribution < -0.4 is 15.4 Å². The average molecular weight is 516 g/mol. The van der Waals surface area contributed by atoms with E-state index in [0.29, 0.717) is 30.2 Å². The van der Waals surface area contributed by atoms with Crippen LogP contribution in [-0.2, 0) is 20.7 Å². The van der Waals surface area contributed by atoms with Crippen molar-refractivity contribution in [2.45, 2.75) is 38.3 Å². The Morgan fingerprint density at radius 2 is 1.66 bits per heavy atom. The number of rotatable bonds is 11. The number of imide groups is 1. The van der Waals surface area contributed by atoms with Gasteiger partial charge in [-0.25, -0.2) is 9.69 Å². The summed E-state index contributed by atoms with van der Waals surface area (Å²) in [5, 5.41) is 5.67. The Kier molecular flexibility index (Phi) is 8.76. The number of nitrogens with one attached hydrogen (secondary N) is 2. The second kappa shape index (κ2) is 12.4. The van der Waals surface area contributed by atoms with Crippen molar-refractivity contribution in [3.05, 3.63) is 95.6 Å². The third-order valence-corrected chi connectivity index (χ3v) is 6.72. The molecule has 0 aromatic heterocycles. The Bertz CT molecular complexity index is 1250. The largest absolute Gasteiger partial charge is 0.491 e. The van der Waals surface area contributed by atoms with E-state index < -0.39 is 35.8 Å². The number of aryl methyl sites for hydroxylation is 1. The summed E-state index contributed by atoms with van der Waals surface area (Å²) >= 11 is 0. The molecule has 8 heteroatoms. The molecule has 0 saturated carbocycles. The Hall–Kier alpha value is -4.17. The van der Waals surface area contributed by atoms with Crippen molar-refractivity contribution < 1.29 is 23.9 Å². The Balaban J connectivity index is 1.59. The summed E-state index contributed by atoms with van der Waals surface area (Å²) in [4.78, 5) is 41.6. The highest BCUT2D eigenvalue weighted by atomic mass is 16.5. The smallest absolute Gasteiger partial charge is 0.325 e. The number of carbonyl (C=O) groups excluding carboxylic acids is 3. The molecule has 4 rings (SSSR count). The monoisotopic (exact) mass is 515 g/mol. The van der Waals surface area contributed by atoms with Gasteiger partial charge in [-0.05, 0) is 47.4 Å². The maximum Gasteiger partial charge on any atom is 0.325 e. The van der Waals surface area contributed by atoms with Crippen molar-refractivity contribution in [3.8, 4) is 5.75 Å². The second-order valence-corrected chi connectivity index (χ2v) is 9.18. The fraction of sp³-hybridized carbons (Fsp3) is 0.300. The summed E-state index contributed by atoms with van der Waals surface area (Å²) in [5.74, 6) is -0.733. The van der Waals surface area contributed by atoms with Gasteiger partial charge in [-0.15, -0.1) is 0 Å². The number of ether oxygens (including phenoxy) is 2. The SMILES string of the molecule is CCc1ccc(NC(=O)[C@H]([C@@H](C)c2ccccc2)N2C(=O)N[C@H](c3ccc(OCCOC)cc3)C2=O)cc1. The van der Waals surface area contributed by atoms with Crippen LogP contribution >= 0.6 is 0 Å². The van der Waals surface area contributed by atoms with E-state index in [-0.39, 0.29) is 0 Å². The van der Waals surface area contributed by atoms with Crippen molar-refractivity contribution in [1.29, 1.82) is 0 Å². The number of anilines is 1. The predicted octanol–water partition coefficient (Wildman–Crippen LogP) is 4.68. The lowest BCUT2D eigenvalue weighted by molar-refractivity contribution is -0.134. The van der Waals surface area contributed by atoms with Crippen LogP contribution in [0.1, 0.15) is 42.5 Å². The average Bonchev–Trinajstić information content (AvgIpc) is 3.23. The van der Waals surface area contributed by atoms with Crippen molar-refractivity contribution in [3.63, 3.8) is 0 Å². The topological polar surface area (TPSA) is 97.0 Å². The van der Waals surface area contributed by atoms with Crippen molar-refractivity contribution in [1.82, 2.24) is 10.2 Å². The normalized spacial score (nSPS) is 16.6. The molecule has 1 fully saturated rings. The van der Waals surface area contributed by atoms with E-state index in [1.165, 1.54) is 0 Å². The number of urea groups is 1. The molecule has 198 valence electrons. The van der Waals surface area contributed by atoms with Gasteiger partial charge in [0.25, 0.3) is 5.91 Å². The molecule has 0 spiro atoms. The first-order valence-corrected chi connectivity index (χ1v) is 12.7. The van der Waals surface area contributed by atoms with Gasteiger partial charge in [-0.3, -0.25) is 9.59 Å². The molecule has 0 radical (unpaired) electrons. The first-order chi connectivity index (χ1) is 18.4. The van der Waals surface area contributed by atoms with E-state index in [1.807, 2.05) is 61.5 Å². The lowest BCUT2D eigenvalue weighted by Crippen LogP contribution is -2.50. The zero-order chi connectivity index (χ0) is 27.1. The number of carbonyl (C=O) groups is 3. The van der Waals surface area contributed by atoms with Crippen LogP contribution in [0.2, 0.25) is 0 Å². The number of benzene rings is 3. The first kappa shape index (κ1) is 26.9. The van der Waals surface area contributed by atoms with E-state index in [1.54, 1.807) is 31.4 Å². The van der Waals surface area contributed by atoms with Crippen LogP contribution in [0.25, 0.3) is 0 Å². The molecule has 3 aromatic rings. The van der Waals surface area contributed by atoms with Crippen LogP contribution in [0.4, 0.5) is 10.5 Å². The quantitative estimate of drug-likeness (QED) is 0.286. The Morgan fingerprint density at radius 3 is 2.29 bits per heavy atom. The fourth-order valence-corrected chi connectivity index (χ4v) is 4.53. The van der Waals surface area contributed by atoms with Crippen LogP contribution in [0, 0.1) is 0 Å². The highest BCUT2D eigenvalue weighted by molar-refractivity contribution is 6.09. The third-order valence-electron chi connectivity index (χ3n) is 6.72. The molecular weight excluding hydrogens is 482 g/mol. The first-order valence-electron chi connectivity index (χ1n) is 12.7. The van der Waals surface area contributed by atoms with Gasteiger partial charge in [-0.1, -0.05) is 68.4 Å². The predicted molar refractivity (Wildman–Crippen MR) is 145 cm³/mol. The van der Waals surface area contributed by atoms with E-state index in [2.05, 4.69) is 17.6 Å². The molecule has 1 saturated heterocycles. The summed E-state index contributed by atoms with van der Waals surface area (Å²) < 4.78 is 10.6. The van der Waals surface area contributed by atoms with Gasteiger partial charge in [0, 0.05) is 18.7 Å². The van der Waals surface area contributed by atoms with Gasteiger partial charge in [0.15, 0.2) is 0 Å². The molecule has 1 aliphatic heterocycles. The highest BCUT2D eigenvalue weighted by Crippen LogP contribution is 2.31. The summed E-state index contributed by atoms with van der Waals surface area (Å²) in [5.41, 5.74) is 3.19. The molecular formula is C30H33N3O5. The standard InChI is InChI=1S/C30H33N3O5/c1-4-21-10-14-24(15-11-21)31-28(34)27(20(2)22-8-6-5-7-9-22)33-29(35)26(32-30(33)36)23-12-16-25(17-13-23)38-19-18-37-3/h5-17,20,26-27H,4,18-19H2,1-3H3,(H,31,34)(H,32,36)/t20-,26+,27-/m0/s1. The minimum Gasteiger partial charge on any atom is -0.491 e. The van der Waals surface area contributed by atoms with Crippen molar-refractivity contribution in [2.75, 3.05) is 25.6 Å². The van der Waals surface area contributed by atoms with Crippen LogP contribution in [0.3, 0.4) is 0 Å². The molecule has 1 aliphatic rings. The summed E-state index contributed by atoms with van der Waals surface area (Å²) in [7, 11) is 1.60. The fourth-order valence-electron chi connectivity index (χ4n) is 4.53. The van der Waals surface area contributed by atoms with Gasteiger partial charge in [-0.2, -0.15) is 0 Å². The summed E-state index contributed by atoms with van der Waals surface area (Å²) in [6.45, 7) is 4.76.